The molecule has 5 heteroatoms. The van der Waals surface area contributed by atoms with Gasteiger partial charge in [-0.3, -0.25) is 4.79 Å². The Morgan fingerprint density at radius 1 is 1.22 bits per heavy atom. The zero-order valence-corrected chi connectivity index (χ0v) is 16.1. The fourth-order valence-electron chi connectivity index (χ4n) is 2.59. The van der Waals surface area contributed by atoms with Crippen LogP contribution in [0.4, 0.5) is 5.69 Å². The highest BCUT2D eigenvalue weighted by atomic mass is 32.1. The largest absolute Gasteiger partial charge is 0.481 e. The lowest BCUT2D eigenvalue weighted by atomic mass is 10.1. The molecule has 27 heavy (non-hydrogen) atoms. The summed E-state index contributed by atoms with van der Waals surface area (Å²) in [5.41, 5.74) is 4.44. The van der Waals surface area contributed by atoms with E-state index in [2.05, 4.69) is 29.1 Å². The summed E-state index contributed by atoms with van der Waals surface area (Å²) in [5, 5.41) is 2.94. The van der Waals surface area contributed by atoms with Gasteiger partial charge in [-0.1, -0.05) is 37.3 Å². The maximum absolute atomic E-state index is 12.3. The molecule has 0 radical (unpaired) electrons. The summed E-state index contributed by atoms with van der Waals surface area (Å²) in [4.78, 5) is 16.6. The molecule has 1 N–H and O–H groups in total. The molecule has 0 spiro atoms. The lowest BCUT2D eigenvalue weighted by Crippen LogP contribution is -2.14. The van der Waals surface area contributed by atoms with Gasteiger partial charge in [0.05, 0.1) is 22.1 Å². The molecule has 0 saturated heterocycles. The Labute approximate surface area is 163 Å². The van der Waals surface area contributed by atoms with Crippen LogP contribution in [0.5, 0.6) is 5.75 Å². The Kier molecular flexibility index (Phi) is 6.84. The molecule has 1 aromatic heterocycles. The van der Waals surface area contributed by atoms with Crippen molar-refractivity contribution in [1.82, 2.24) is 4.98 Å². The summed E-state index contributed by atoms with van der Waals surface area (Å²) >= 11 is 1.56. The van der Waals surface area contributed by atoms with Crippen molar-refractivity contribution in [2.45, 2.75) is 32.6 Å². The minimum absolute atomic E-state index is 0.0598. The minimum Gasteiger partial charge on any atom is -0.481 e. The highest BCUT2D eigenvalue weighted by Crippen LogP contribution is 2.22. The van der Waals surface area contributed by atoms with Crippen molar-refractivity contribution in [2.75, 3.05) is 11.9 Å². The van der Waals surface area contributed by atoms with E-state index in [4.69, 9.17) is 4.74 Å². The van der Waals surface area contributed by atoms with E-state index < -0.39 is 0 Å². The smallest absolute Gasteiger partial charge is 0.228 e. The number of ether oxygens (including phenoxy) is 1. The van der Waals surface area contributed by atoms with Gasteiger partial charge in [0.25, 0.3) is 0 Å². The summed E-state index contributed by atoms with van der Waals surface area (Å²) in [5.74, 6) is 6.79. The number of benzene rings is 2. The van der Waals surface area contributed by atoms with E-state index in [1.165, 1.54) is 0 Å². The number of amides is 1. The number of thiazole rings is 1. The van der Waals surface area contributed by atoms with E-state index in [0.717, 1.165) is 46.5 Å². The van der Waals surface area contributed by atoms with Crippen molar-refractivity contribution in [1.29, 1.82) is 0 Å². The van der Waals surface area contributed by atoms with Crippen LogP contribution in [0, 0.1) is 11.8 Å². The lowest BCUT2D eigenvalue weighted by Gasteiger charge is -2.07. The van der Waals surface area contributed by atoms with Crippen molar-refractivity contribution in [3.63, 3.8) is 0 Å². The third-order valence-corrected chi connectivity index (χ3v) is 4.76. The van der Waals surface area contributed by atoms with Gasteiger partial charge in [0.1, 0.15) is 12.4 Å². The maximum atomic E-state index is 12.3. The van der Waals surface area contributed by atoms with Gasteiger partial charge in [-0.2, -0.15) is 0 Å². The van der Waals surface area contributed by atoms with Crippen LogP contribution in [0.1, 0.15) is 31.7 Å². The Morgan fingerprint density at radius 3 is 3.04 bits per heavy atom. The minimum atomic E-state index is -0.0598. The normalized spacial score (nSPS) is 10.3. The Balaban J connectivity index is 1.53. The molecule has 0 bridgehead atoms. The van der Waals surface area contributed by atoms with E-state index >= 15 is 0 Å². The molecule has 0 aliphatic heterocycles. The van der Waals surface area contributed by atoms with Gasteiger partial charge in [0.15, 0.2) is 0 Å². The van der Waals surface area contributed by atoms with Gasteiger partial charge in [0.2, 0.25) is 5.91 Å². The van der Waals surface area contributed by atoms with Gasteiger partial charge in [-0.15, -0.1) is 11.3 Å². The molecule has 0 saturated carbocycles. The Hall–Kier alpha value is -2.84. The summed E-state index contributed by atoms with van der Waals surface area (Å²) < 4.78 is 6.71. The number of carbonyl (C=O) groups excluding carboxylic acids is 1. The second-order valence-electron chi connectivity index (χ2n) is 6.15. The van der Waals surface area contributed by atoms with Crippen molar-refractivity contribution in [3.8, 4) is 17.6 Å². The molecule has 0 atom stereocenters. The second-order valence-corrected chi connectivity index (χ2v) is 7.04. The first-order chi connectivity index (χ1) is 13.2. The number of anilines is 1. The predicted molar refractivity (Wildman–Crippen MR) is 111 cm³/mol. The average molecular weight is 378 g/mol. The molecular weight excluding hydrogens is 356 g/mol. The number of hydrogen-bond donors (Lipinski definition) is 1. The molecule has 0 fully saturated rings. The monoisotopic (exact) mass is 378 g/mol. The molecule has 3 rings (SSSR count). The van der Waals surface area contributed by atoms with Gasteiger partial charge in [-0.05, 0) is 42.3 Å². The van der Waals surface area contributed by atoms with Crippen LogP contribution < -0.4 is 10.1 Å². The average Bonchev–Trinajstić information content (AvgIpc) is 3.12. The van der Waals surface area contributed by atoms with Crippen LogP contribution >= 0.6 is 11.3 Å². The highest BCUT2D eigenvalue weighted by molar-refractivity contribution is 7.16. The molecule has 0 aliphatic carbocycles. The Bertz CT molecular complexity index is 969. The number of fused-ring (bicyclic) bond motifs is 1. The number of carbonyl (C=O) groups is 1. The fourth-order valence-corrected chi connectivity index (χ4v) is 3.31. The zero-order chi connectivity index (χ0) is 18.9. The number of hydrogen-bond acceptors (Lipinski definition) is 4. The number of nitrogens with zero attached hydrogens (tertiary/aromatic N) is 1. The first-order valence-electron chi connectivity index (χ1n) is 9.05. The topological polar surface area (TPSA) is 51.2 Å². The van der Waals surface area contributed by atoms with Crippen molar-refractivity contribution in [2.24, 2.45) is 0 Å². The van der Waals surface area contributed by atoms with Crippen LogP contribution in [-0.4, -0.2) is 17.5 Å². The second kappa shape index (κ2) is 9.75. The fraction of sp³-hybridized carbons (Fsp3) is 0.273. The predicted octanol–water partition coefficient (Wildman–Crippen LogP) is 5.05. The number of unbranched alkanes of at least 4 members (excludes halogenated alkanes) is 2. The molecule has 138 valence electrons. The summed E-state index contributed by atoms with van der Waals surface area (Å²) in [6, 6.07) is 13.3. The van der Waals surface area contributed by atoms with E-state index in [1.54, 1.807) is 16.8 Å². The van der Waals surface area contributed by atoms with E-state index in [-0.39, 0.29) is 5.91 Å². The van der Waals surface area contributed by atoms with Gasteiger partial charge in [0, 0.05) is 12.1 Å². The number of aromatic nitrogens is 1. The lowest BCUT2D eigenvalue weighted by molar-refractivity contribution is -0.115. The maximum Gasteiger partial charge on any atom is 0.228 e. The van der Waals surface area contributed by atoms with Crippen LogP contribution in [0.25, 0.3) is 10.2 Å². The third kappa shape index (κ3) is 5.83. The summed E-state index contributed by atoms with van der Waals surface area (Å²) in [6.45, 7) is 2.52. The summed E-state index contributed by atoms with van der Waals surface area (Å²) in [6.07, 6.45) is 3.47. The molecule has 1 amide bonds. The quantitative estimate of drug-likeness (QED) is 0.462. The van der Waals surface area contributed by atoms with Crippen LogP contribution in [0.3, 0.4) is 0 Å². The third-order valence-electron chi connectivity index (χ3n) is 3.97. The number of rotatable bonds is 7. The molecule has 4 nitrogen and oxygen atoms in total. The standard InChI is InChI=1S/C22H22N2O2S/c1-2-3-4-5-6-12-26-19-9-7-8-17(13-19)14-22(25)24-18-10-11-20-21(15-18)27-16-23-20/h7-11,13,15-16H,2-4,12,14H2,1H3,(H,24,25). The van der Waals surface area contributed by atoms with Crippen LogP contribution in [0.15, 0.2) is 48.0 Å². The summed E-state index contributed by atoms with van der Waals surface area (Å²) in [7, 11) is 0. The van der Waals surface area contributed by atoms with Crippen molar-refractivity contribution < 1.29 is 9.53 Å². The molecule has 3 aromatic rings. The van der Waals surface area contributed by atoms with Crippen LogP contribution in [0.2, 0.25) is 0 Å². The Morgan fingerprint density at radius 2 is 2.15 bits per heavy atom. The van der Waals surface area contributed by atoms with Crippen LogP contribution in [-0.2, 0) is 11.2 Å². The van der Waals surface area contributed by atoms with E-state index in [9.17, 15) is 4.79 Å². The molecule has 2 aromatic carbocycles. The van der Waals surface area contributed by atoms with E-state index in [0.29, 0.717) is 13.0 Å². The first-order valence-corrected chi connectivity index (χ1v) is 9.93. The van der Waals surface area contributed by atoms with E-state index in [1.807, 2.05) is 42.5 Å². The van der Waals surface area contributed by atoms with Crippen molar-refractivity contribution >= 4 is 33.1 Å². The molecular formula is C22H22N2O2S. The van der Waals surface area contributed by atoms with Gasteiger partial charge < -0.3 is 10.1 Å². The molecule has 0 unspecified atom stereocenters. The van der Waals surface area contributed by atoms with Crippen molar-refractivity contribution in [3.05, 3.63) is 53.5 Å². The SMILES string of the molecule is CCCCC#CCOc1cccc(CC(=O)Nc2ccc3ncsc3c2)c1. The molecule has 0 aliphatic rings. The van der Waals surface area contributed by atoms with Gasteiger partial charge in [-0.25, -0.2) is 4.98 Å². The van der Waals surface area contributed by atoms with Gasteiger partial charge >= 0.3 is 0 Å². The number of nitrogens with one attached hydrogen (secondary N) is 1. The highest BCUT2D eigenvalue weighted by Gasteiger charge is 2.06. The first kappa shape index (κ1) is 18.9. The molecule has 1 heterocycles. The zero-order valence-electron chi connectivity index (χ0n) is 15.3.